The Morgan fingerprint density at radius 1 is 1.18 bits per heavy atom. The number of hydrogen-bond acceptors (Lipinski definition) is 12. The molecule has 192 valence electrons. The molecule has 0 spiro atoms. The molecule has 3 atom stereocenters. The summed E-state index contributed by atoms with van der Waals surface area (Å²) in [7, 11) is 0. The molecule has 0 unspecified atom stereocenters. The third-order valence-electron chi connectivity index (χ3n) is 5.80. The van der Waals surface area contributed by atoms with E-state index < -0.39 is 24.5 Å². The van der Waals surface area contributed by atoms with Crippen molar-refractivity contribution in [3.63, 3.8) is 0 Å². The number of nitrogens with two attached hydrogens (primary N) is 2. The number of nitrogens with zero attached hydrogens (tertiary/aromatic N) is 3. The van der Waals surface area contributed by atoms with Crippen LogP contribution in [0.25, 0.3) is 0 Å². The number of unbranched alkanes of at least 4 members (excludes halogenated alkanes) is 1. The van der Waals surface area contributed by atoms with E-state index in [2.05, 4.69) is 31.2 Å². The highest BCUT2D eigenvalue weighted by atomic mass is 16.6. The molecule has 0 saturated carbocycles. The second-order valence-corrected chi connectivity index (χ2v) is 8.42. The summed E-state index contributed by atoms with van der Waals surface area (Å²) in [5.74, 6) is 1.00. The third-order valence-corrected chi connectivity index (χ3v) is 5.80. The molecule has 2 aliphatic rings. The number of fused-ring (bicyclic) bond motifs is 1. The first-order chi connectivity index (χ1) is 16.6. The molecule has 3 rings (SSSR count). The van der Waals surface area contributed by atoms with Crippen LogP contribution in [0, 0.1) is 0 Å². The van der Waals surface area contributed by atoms with Crippen LogP contribution in [0.1, 0.15) is 32.1 Å². The van der Waals surface area contributed by atoms with Gasteiger partial charge in [-0.1, -0.05) is 0 Å². The van der Waals surface area contributed by atoms with Gasteiger partial charge in [0, 0.05) is 13.0 Å². The van der Waals surface area contributed by atoms with E-state index in [1.807, 2.05) is 4.90 Å². The van der Waals surface area contributed by atoms with E-state index >= 15 is 0 Å². The molecule has 9 N–H and O–H groups in total. The Kier molecular flexibility index (Phi) is 10.8. The molecule has 34 heavy (non-hydrogen) atoms. The van der Waals surface area contributed by atoms with Crippen LogP contribution in [0.4, 0.5) is 22.1 Å². The zero-order chi connectivity index (χ0) is 24.2. The fourth-order valence-corrected chi connectivity index (χ4v) is 3.90. The lowest BCUT2D eigenvalue weighted by atomic mass is 10.2. The fraction of sp³-hybridized carbons (Fsp3) is 0.762. The lowest BCUT2D eigenvalue weighted by molar-refractivity contribution is -0.0264. The smallest absolute Gasteiger partial charge is 0.407 e. The van der Waals surface area contributed by atoms with Crippen molar-refractivity contribution >= 4 is 23.4 Å². The summed E-state index contributed by atoms with van der Waals surface area (Å²) in [6, 6.07) is 0. The second-order valence-electron chi connectivity index (χ2n) is 8.42. The van der Waals surface area contributed by atoms with Crippen molar-refractivity contribution in [1.29, 1.82) is 0 Å². The van der Waals surface area contributed by atoms with E-state index in [0.717, 1.165) is 58.4 Å². The van der Waals surface area contributed by atoms with E-state index in [4.69, 9.17) is 20.9 Å². The van der Waals surface area contributed by atoms with Crippen molar-refractivity contribution < 1.29 is 19.4 Å². The quantitative estimate of drug-likeness (QED) is 0.154. The monoisotopic (exact) mass is 481 g/mol. The molecule has 2 aliphatic heterocycles. The van der Waals surface area contributed by atoms with Crippen molar-refractivity contribution in [3.8, 4) is 0 Å². The Labute approximate surface area is 200 Å². The van der Waals surface area contributed by atoms with E-state index in [1.54, 1.807) is 0 Å². The first kappa shape index (κ1) is 26.2. The Hall–Kier alpha value is -2.45. The number of aliphatic hydroxyl groups excluding tert-OH is 1. The predicted molar refractivity (Wildman–Crippen MR) is 129 cm³/mol. The molecule has 3 heterocycles. The second kappa shape index (κ2) is 14.1. The van der Waals surface area contributed by atoms with E-state index in [1.165, 1.54) is 6.33 Å². The van der Waals surface area contributed by atoms with Gasteiger partial charge in [0.2, 0.25) is 0 Å². The minimum absolute atomic E-state index is 0.0267. The number of aliphatic hydroxyl groups is 1. The minimum atomic E-state index is -0.749. The van der Waals surface area contributed by atoms with Crippen molar-refractivity contribution in [3.05, 3.63) is 6.33 Å². The molecule has 0 bridgehead atoms. The summed E-state index contributed by atoms with van der Waals surface area (Å²) >= 11 is 0. The van der Waals surface area contributed by atoms with Crippen LogP contribution < -0.4 is 37.6 Å². The highest BCUT2D eigenvalue weighted by molar-refractivity contribution is 5.79. The van der Waals surface area contributed by atoms with Crippen LogP contribution in [0.3, 0.4) is 0 Å². The summed E-state index contributed by atoms with van der Waals surface area (Å²) in [4.78, 5) is 22.1. The van der Waals surface area contributed by atoms with Gasteiger partial charge in [-0.25, -0.2) is 14.8 Å². The van der Waals surface area contributed by atoms with Crippen LogP contribution in [0.15, 0.2) is 6.33 Å². The van der Waals surface area contributed by atoms with Gasteiger partial charge in [-0.2, -0.15) is 0 Å². The van der Waals surface area contributed by atoms with Gasteiger partial charge in [0.25, 0.3) is 0 Å². The number of carbonyl (C=O) groups excluding carboxylic acids is 1. The molecule has 1 amide bonds. The molecule has 1 aromatic rings. The average Bonchev–Trinajstić information content (AvgIpc) is 3.42. The highest BCUT2D eigenvalue weighted by Gasteiger charge is 2.40. The van der Waals surface area contributed by atoms with Gasteiger partial charge < -0.3 is 52.2 Å². The van der Waals surface area contributed by atoms with Crippen LogP contribution in [-0.4, -0.2) is 92.1 Å². The Bertz CT molecular complexity index is 757. The summed E-state index contributed by atoms with van der Waals surface area (Å²) in [6.07, 6.45) is 3.54. The summed E-state index contributed by atoms with van der Waals surface area (Å²) in [5.41, 5.74) is 12.0. The van der Waals surface area contributed by atoms with Gasteiger partial charge in [0.15, 0.2) is 11.6 Å². The van der Waals surface area contributed by atoms with Crippen molar-refractivity contribution in [2.45, 2.75) is 50.5 Å². The fourth-order valence-electron chi connectivity index (χ4n) is 3.90. The van der Waals surface area contributed by atoms with E-state index in [-0.39, 0.29) is 6.61 Å². The molecular weight excluding hydrogens is 442 g/mol. The molecule has 1 saturated heterocycles. The van der Waals surface area contributed by atoms with Crippen molar-refractivity contribution in [2.24, 2.45) is 5.73 Å². The maximum absolute atomic E-state index is 12.0. The molecule has 13 heteroatoms. The summed E-state index contributed by atoms with van der Waals surface area (Å²) in [6.45, 7) is 5.44. The van der Waals surface area contributed by atoms with Gasteiger partial charge in [-0.15, -0.1) is 0 Å². The number of ether oxygens (including phenoxy) is 2. The standard InChI is InChI=1S/C21H39N9O4/c22-5-3-8-24-6-1-2-7-25-9-4-10-26-21(32)33-12-16-15(31)11-17(34-16)30-14-29-18-19(23)27-13-28-20(18)30/h13,15-17,24-25,29,31H,1-12,14,22H2,(H,26,32)(H2,23,27,28)/t15-,16+,17+/m0/s1. The Morgan fingerprint density at radius 3 is 2.68 bits per heavy atom. The lowest BCUT2D eigenvalue weighted by Crippen LogP contribution is -2.36. The van der Waals surface area contributed by atoms with Gasteiger partial charge in [-0.3, -0.25) is 0 Å². The number of anilines is 3. The van der Waals surface area contributed by atoms with Crippen molar-refractivity contribution in [2.75, 3.05) is 68.5 Å². The SMILES string of the molecule is NCCCNCCCCNCCCNC(=O)OC[C@H]1O[C@@H](N2CNc3c(N)ncnc32)C[C@@H]1O. The van der Waals surface area contributed by atoms with Crippen LogP contribution in [-0.2, 0) is 9.47 Å². The summed E-state index contributed by atoms with van der Waals surface area (Å²) < 4.78 is 11.2. The van der Waals surface area contributed by atoms with Gasteiger partial charge in [0.05, 0.1) is 12.8 Å². The van der Waals surface area contributed by atoms with E-state index in [0.29, 0.717) is 37.0 Å². The van der Waals surface area contributed by atoms with Gasteiger partial charge >= 0.3 is 6.09 Å². The normalized spacial score (nSPS) is 21.4. The number of carbonyl (C=O) groups is 1. The molecular formula is C21H39N9O4. The van der Waals surface area contributed by atoms with Gasteiger partial charge in [0.1, 0.15) is 31.0 Å². The third kappa shape index (κ3) is 7.81. The summed E-state index contributed by atoms with van der Waals surface area (Å²) in [5, 5.41) is 23.0. The van der Waals surface area contributed by atoms with E-state index in [9.17, 15) is 9.90 Å². The number of aromatic nitrogens is 2. The molecule has 0 aromatic carbocycles. The Morgan fingerprint density at radius 2 is 1.91 bits per heavy atom. The van der Waals surface area contributed by atoms with Crippen molar-refractivity contribution in [1.82, 2.24) is 25.9 Å². The molecule has 1 aromatic heterocycles. The number of nitrogen functional groups attached to an aromatic ring is 1. The number of rotatable bonds is 15. The first-order valence-electron chi connectivity index (χ1n) is 12.1. The van der Waals surface area contributed by atoms with Gasteiger partial charge in [-0.05, 0) is 58.4 Å². The topological polar surface area (TPSA) is 185 Å². The highest BCUT2D eigenvalue weighted by Crippen LogP contribution is 2.36. The first-order valence-corrected chi connectivity index (χ1v) is 12.1. The molecule has 13 nitrogen and oxygen atoms in total. The minimum Gasteiger partial charge on any atom is -0.447 e. The zero-order valence-electron chi connectivity index (χ0n) is 19.7. The number of hydrogen-bond donors (Lipinski definition) is 7. The lowest BCUT2D eigenvalue weighted by Gasteiger charge is -2.24. The molecule has 1 fully saturated rings. The van der Waals surface area contributed by atoms with Crippen LogP contribution in [0.5, 0.6) is 0 Å². The molecule has 0 radical (unpaired) electrons. The van der Waals surface area contributed by atoms with Crippen LogP contribution in [0.2, 0.25) is 0 Å². The number of alkyl carbamates (subject to hydrolysis) is 1. The predicted octanol–water partition coefficient (Wildman–Crippen LogP) is -0.851. The molecule has 0 aliphatic carbocycles. The largest absolute Gasteiger partial charge is 0.447 e. The Balaban J connectivity index is 1.22. The maximum Gasteiger partial charge on any atom is 0.407 e. The number of nitrogens with one attached hydrogen (secondary N) is 4. The number of amides is 1. The van der Waals surface area contributed by atoms with Crippen LogP contribution >= 0.6 is 0 Å². The zero-order valence-corrected chi connectivity index (χ0v) is 19.7. The average molecular weight is 482 g/mol. The maximum atomic E-state index is 12.0.